The molecule has 0 spiro atoms. The molecule has 2 atom stereocenters. The van der Waals surface area contributed by atoms with Crippen molar-refractivity contribution in [1.82, 2.24) is 5.32 Å². The van der Waals surface area contributed by atoms with E-state index < -0.39 is 5.54 Å². The molecular formula is C11H22N2O. The van der Waals surface area contributed by atoms with Crippen LogP contribution in [0.25, 0.3) is 0 Å². The van der Waals surface area contributed by atoms with Gasteiger partial charge in [-0.1, -0.05) is 13.3 Å². The van der Waals surface area contributed by atoms with Gasteiger partial charge in [-0.05, 0) is 39.0 Å². The van der Waals surface area contributed by atoms with Crippen molar-refractivity contribution in [3.63, 3.8) is 0 Å². The predicted octanol–water partition coefficient (Wildman–Crippen LogP) is 1.42. The lowest BCUT2D eigenvalue weighted by atomic mass is 9.93. The lowest BCUT2D eigenvalue weighted by Gasteiger charge is -2.29. The van der Waals surface area contributed by atoms with Crippen LogP contribution in [0.4, 0.5) is 0 Å². The molecule has 2 unspecified atom stereocenters. The summed E-state index contributed by atoms with van der Waals surface area (Å²) >= 11 is 0. The first kappa shape index (κ1) is 11.5. The standard InChI is InChI=1S/C11H22N2O/c1-4-9-5-6-11(7-9,10(12)14)13-8(2)3/h8-9,13H,4-7H2,1-3H3,(H2,12,14). The van der Waals surface area contributed by atoms with Crippen molar-refractivity contribution in [1.29, 1.82) is 0 Å². The summed E-state index contributed by atoms with van der Waals surface area (Å²) in [5.41, 5.74) is 5.07. The maximum atomic E-state index is 11.5. The summed E-state index contributed by atoms with van der Waals surface area (Å²) in [6.07, 6.45) is 4.09. The quantitative estimate of drug-likeness (QED) is 0.717. The monoisotopic (exact) mass is 198 g/mol. The average molecular weight is 198 g/mol. The van der Waals surface area contributed by atoms with Crippen LogP contribution in [0.15, 0.2) is 0 Å². The smallest absolute Gasteiger partial charge is 0.237 e. The van der Waals surface area contributed by atoms with Crippen molar-refractivity contribution in [2.24, 2.45) is 11.7 Å². The summed E-state index contributed by atoms with van der Waals surface area (Å²) in [7, 11) is 0. The molecule has 0 radical (unpaired) electrons. The maximum absolute atomic E-state index is 11.5. The Labute approximate surface area is 86.4 Å². The Morgan fingerprint density at radius 3 is 2.64 bits per heavy atom. The van der Waals surface area contributed by atoms with Crippen molar-refractivity contribution in [3.8, 4) is 0 Å². The third-order valence-corrected chi connectivity index (χ3v) is 3.23. The zero-order chi connectivity index (χ0) is 10.8. The first-order valence-electron chi connectivity index (χ1n) is 5.58. The Balaban J connectivity index is 2.70. The third kappa shape index (κ3) is 2.27. The summed E-state index contributed by atoms with van der Waals surface area (Å²) in [6.45, 7) is 6.30. The van der Waals surface area contributed by atoms with E-state index in [2.05, 4.69) is 26.1 Å². The Morgan fingerprint density at radius 2 is 2.29 bits per heavy atom. The van der Waals surface area contributed by atoms with Gasteiger partial charge in [-0.3, -0.25) is 4.79 Å². The Morgan fingerprint density at radius 1 is 1.64 bits per heavy atom. The van der Waals surface area contributed by atoms with Crippen LogP contribution in [-0.2, 0) is 4.79 Å². The van der Waals surface area contributed by atoms with Gasteiger partial charge in [-0.15, -0.1) is 0 Å². The fraction of sp³-hybridized carbons (Fsp3) is 0.909. The molecule has 1 fully saturated rings. The fourth-order valence-electron chi connectivity index (χ4n) is 2.47. The minimum absolute atomic E-state index is 0.179. The van der Waals surface area contributed by atoms with Crippen molar-refractivity contribution in [2.45, 2.75) is 58.0 Å². The summed E-state index contributed by atoms with van der Waals surface area (Å²) < 4.78 is 0. The average Bonchev–Trinajstić information content (AvgIpc) is 2.48. The minimum Gasteiger partial charge on any atom is -0.368 e. The molecular weight excluding hydrogens is 176 g/mol. The van der Waals surface area contributed by atoms with E-state index in [0.29, 0.717) is 12.0 Å². The number of carbonyl (C=O) groups is 1. The number of hydrogen-bond acceptors (Lipinski definition) is 2. The zero-order valence-corrected chi connectivity index (χ0v) is 9.47. The van der Waals surface area contributed by atoms with Gasteiger partial charge in [-0.2, -0.15) is 0 Å². The van der Waals surface area contributed by atoms with Crippen LogP contribution in [-0.4, -0.2) is 17.5 Å². The molecule has 1 rings (SSSR count). The Bertz CT molecular complexity index is 215. The lowest BCUT2D eigenvalue weighted by molar-refractivity contribution is -0.124. The van der Waals surface area contributed by atoms with Crippen LogP contribution in [0.1, 0.15) is 46.5 Å². The van der Waals surface area contributed by atoms with Crippen molar-refractivity contribution in [3.05, 3.63) is 0 Å². The zero-order valence-electron chi connectivity index (χ0n) is 9.47. The van der Waals surface area contributed by atoms with Crippen LogP contribution in [0.2, 0.25) is 0 Å². The Hall–Kier alpha value is -0.570. The first-order chi connectivity index (χ1) is 6.50. The highest BCUT2D eigenvalue weighted by Crippen LogP contribution is 2.36. The molecule has 3 N–H and O–H groups in total. The van der Waals surface area contributed by atoms with E-state index in [0.717, 1.165) is 25.7 Å². The van der Waals surface area contributed by atoms with Gasteiger partial charge in [0.1, 0.15) is 0 Å². The first-order valence-corrected chi connectivity index (χ1v) is 5.58. The van der Waals surface area contributed by atoms with Crippen molar-refractivity contribution < 1.29 is 4.79 Å². The number of nitrogens with one attached hydrogen (secondary N) is 1. The molecule has 0 heterocycles. The van der Waals surface area contributed by atoms with E-state index in [9.17, 15) is 4.79 Å². The molecule has 1 amide bonds. The van der Waals surface area contributed by atoms with Crippen LogP contribution in [0.5, 0.6) is 0 Å². The number of hydrogen-bond donors (Lipinski definition) is 2. The molecule has 3 heteroatoms. The summed E-state index contributed by atoms with van der Waals surface area (Å²) in [5.74, 6) is 0.482. The van der Waals surface area contributed by atoms with E-state index in [1.165, 1.54) is 0 Å². The Kier molecular flexibility index (Phi) is 3.53. The molecule has 1 aliphatic rings. The second-order valence-corrected chi connectivity index (χ2v) is 4.76. The molecule has 1 saturated carbocycles. The molecule has 3 nitrogen and oxygen atoms in total. The third-order valence-electron chi connectivity index (χ3n) is 3.23. The molecule has 14 heavy (non-hydrogen) atoms. The van der Waals surface area contributed by atoms with Gasteiger partial charge in [0.05, 0.1) is 5.54 Å². The summed E-state index contributed by atoms with van der Waals surface area (Å²) in [6, 6.07) is 0.318. The largest absolute Gasteiger partial charge is 0.368 e. The molecule has 0 aromatic carbocycles. The second kappa shape index (κ2) is 4.30. The molecule has 0 bridgehead atoms. The summed E-state index contributed by atoms with van der Waals surface area (Å²) in [4.78, 5) is 11.5. The molecule has 0 aromatic rings. The van der Waals surface area contributed by atoms with E-state index in [1.54, 1.807) is 0 Å². The van der Waals surface area contributed by atoms with Gasteiger partial charge < -0.3 is 11.1 Å². The van der Waals surface area contributed by atoms with Gasteiger partial charge in [0, 0.05) is 6.04 Å². The van der Waals surface area contributed by atoms with Crippen LogP contribution in [0.3, 0.4) is 0 Å². The molecule has 0 aromatic heterocycles. The number of nitrogens with two attached hydrogens (primary N) is 1. The van der Waals surface area contributed by atoms with Gasteiger partial charge in [0.15, 0.2) is 0 Å². The van der Waals surface area contributed by atoms with E-state index >= 15 is 0 Å². The molecule has 82 valence electrons. The van der Waals surface area contributed by atoms with Gasteiger partial charge in [0.2, 0.25) is 5.91 Å². The maximum Gasteiger partial charge on any atom is 0.237 e. The molecule has 1 aliphatic carbocycles. The SMILES string of the molecule is CCC1CCC(NC(C)C)(C(N)=O)C1. The van der Waals surface area contributed by atoms with E-state index in [1.807, 2.05) is 0 Å². The number of amides is 1. The number of carbonyl (C=O) groups excluding carboxylic acids is 1. The number of primary amides is 1. The van der Waals surface area contributed by atoms with Crippen molar-refractivity contribution >= 4 is 5.91 Å². The fourth-order valence-corrected chi connectivity index (χ4v) is 2.47. The lowest BCUT2D eigenvalue weighted by Crippen LogP contribution is -2.56. The highest BCUT2D eigenvalue weighted by atomic mass is 16.1. The summed E-state index contributed by atoms with van der Waals surface area (Å²) in [5, 5.41) is 3.34. The van der Waals surface area contributed by atoms with Gasteiger partial charge in [0.25, 0.3) is 0 Å². The van der Waals surface area contributed by atoms with Gasteiger partial charge in [-0.25, -0.2) is 0 Å². The van der Waals surface area contributed by atoms with E-state index in [4.69, 9.17) is 5.73 Å². The predicted molar refractivity (Wildman–Crippen MR) is 57.8 cm³/mol. The minimum atomic E-state index is -0.422. The van der Waals surface area contributed by atoms with Crippen LogP contribution in [0, 0.1) is 5.92 Å². The van der Waals surface area contributed by atoms with Crippen LogP contribution < -0.4 is 11.1 Å². The van der Waals surface area contributed by atoms with E-state index in [-0.39, 0.29) is 5.91 Å². The second-order valence-electron chi connectivity index (χ2n) is 4.76. The van der Waals surface area contributed by atoms with Crippen LogP contribution >= 0.6 is 0 Å². The highest BCUT2D eigenvalue weighted by Gasteiger charge is 2.43. The highest BCUT2D eigenvalue weighted by molar-refractivity contribution is 5.85. The van der Waals surface area contributed by atoms with Crippen molar-refractivity contribution in [2.75, 3.05) is 0 Å². The number of rotatable bonds is 4. The van der Waals surface area contributed by atoms with Gasteiger partial charge >= 0.3 is 0 Å². The molecule has 0 saturated heterocycles. The topological polar surface area (TPSA) is 55.1 Å². The molecule has 0 aliphatic heterocycles. The normalized spacial score (nSPS) is 32.4.